The minimum absolute atomic E-state index is 0.0957. The minimum atomic E-state index is -0.951. The number of carbonyl (C=O) groups is 1. The van der Waals surface area contributed by atoms with Crippen molar-refractivity contribution in [1.29, 1.82) is 0 Å². The molecule has 3 heteroatoms. The van der Waals surface area contributed by atoms with Crippen molar-refractivity contribution in [1.82, 2.24) is 0 Å². The molecule has 0 heterocycles. The fourth-order valence-corrected chi connectivity index (χ4v) is 2.98. The van der Waals surface area contributed by atoms with Gasteiger partial charge in [0.2, 0.25) is 0 Å². The second kappa shape index (κ2) is 4.84. The molecule has 0 amide bonds. The zero-order valence-corrected chi connectivity index (χ0v) is 12.7. The summed E-state index contributed by atoms with van der Waals surface area (Å²) in [5, 5.41) is 10.9. The third kappa shape index (κ3) is 3.25. The summed E-state index contributed by atoms with van der Waals surface area (Å²) in [4.78, 5) is 12.0. The van der Waals surface area contributed by atoms with E-state index in [0.717, 1.165) is 19.3 Å². The van der Waals surface area contributed by atoms with Gasteiger partial charge in [-0.15, -0.1) is 0 Å². The van der Waals surface area contributed by atoms with Crippen molar-refractivity contribution in [2.45, 2.75) is 78.4 Å². The summed E-state index contributed by atoms with van der Waals surface area (Å²) in [6, 6.07) is 0. The zero-order chi connectivity index (χ0) is 14.2. The molecule has 1 aliphatic rings. The molecule has 0 radical (unpaired) electrons. The van der Waals surface area contributed by atoms with Crippen molar-refractivity contribution in [3.05, 3.63) is 0 Å². The smallest absolute Gasteiger partial charge is 0.309 e. The van der Waals surface area contributed by atoms with Crippen LogP contribution in [0.5, 0.6) is 0 Å². The van der Waals surface area contributed by atoms with Gasteiger partial charge in [-0.3, -0.25) is 4.79 Å². The maximum absolute atomic E-state index is 12.0. The molecule has 1 rings (SSSR count). The summed E-state index contributed by atoms with van der Waals surface area (Å²) < 4.78 is 5.35. The van der Waals surface area contributed by atoms with Gasteiger partial charge in [0, 0.05) is 0 Å². The second-order valence-electron chi connectivity index (χ2n) is 7.36. The number of ether oxygens (including phenoxy) is 1. The molecule has 0 aromatic carbocycles. The van der Waals surface area contributed by atoms with Gasteiger partial charge in [0.1, 0.15) is 5.60 Å². The van der Waals surface area contributed by atoms with E-state index in [1.54, 1.807) is 0 Å². The van der Waals surface area contributed by atoms with Crippen LogP contribution < -0.4 is 0 Å². The van der Waals surface area contributed by atoms with Crippen molar-refractivity contribution in [3.63, 3.8) is 0 Å². The fraction of sp³-hybridized carbons (Fsp3) is 0.933. The molecular formula is C15H28O3. The van der Waals surface area contributed by atoms with E-state index in [9.17, 15) is 9.90 Å². The molecule has 0 aromatic heterocycles. The lowest BCUT2D eigenvalue weighted by molar-refractivity contribution is -0.179. The van der Waals surface area contributed by atoms with Crippen LogP contribution >= 0.6 is 0 Å². The van der Waals surface area contributed by atoms with E-state index in [1.807, 2.05) is 41.5 Å². The first-order valence-electron chi connectivity index (χ1n) is 6.92. The molecule has 0 spiro atoms. The third-order valence-corrected chi connectivity index (χ3v) is 4.26. The molecule has 0 unspecified atom stereocenters. The van der Waals surface area contributed by atoms with Gasteiger partial charge in [-0.05, 0) is 44.9 Å². The Balaban J connectivity index is 2.81. The lowest BCUT2D eigenvalue weighted by Crippen LogP contribution is -2.54. The Hall–Kier alpha value is -0.570. The SMILES string of the molecule is C[C@@H]1CCCC(C)(C)[C@@]1(O)CC(=O)OC(C)(C)C. The molecule has 2 atom stereocenters. The van der Waals surface area contributed by atoms with Crippen LogP contribution in [-0.2, 0) is 9.53 Å². The molecule has 106 valence electrons. The highest BCUT2D eigenvalue weighted by molar-refractivity contribution is 5.71. The average Bonchev–Trinajstić information content (AvgIpc) is 2.11. The van der Waals surface area contributed by atoms with E-state index in [2.05, 4.69) is 0 Å². The monoisotopic (exact) mass is 256 g/mol. The largest absolute Gasteiger partial charge is 0.460 e. The molecule has 1 fully saturated rings. The Morgan fingerprint density at radius 3 is 2.39 bits per heavy atom. The van der Waals surface area contributed by atoms with Crippen LogP contribution in [0.4, 0.5) is 0 Å². The van der Waals surface area contributed by atoms with Gasteiger partial charge in [0.15, 0.2) is 0 Å². The Labute approximate surface area is 111 Å². The van der Waals surface area contributed by atoms with E-state index < -0.39 is 11.2 Å². The lowest BCUT2D eigenvalue weighted by atomic mass is 9.59. The highest BCUT2D eigenvalue weighted by Gasteiger charge is 2.51. The van der Waals surface area contributed by atoms with Crippen LogP contribution in [0.3, 0.4) is 0 Å². The van der Waals surface area contributed by atoms with Crippen LogP contribution in [0.25, 0.3) is 0 Å². The van der Waals surface area contributed by atoms with Crippen LogP contribution in [-0.4, -0.2) is 22.3 Å². The normalized spacial score (nSPS) is 32.1. The molecule has 0 aliphatic heterocycles. The van der Waals surface area contributed by atoms with Gasteiger partial charge < -0.3 is 9.84 Å². The average molecular weight is 256 g/mol. The quantitative estimate of drug-likeness (QED) is 0.771. The van der Waals surface area contributed by atoms with Crippen LogP contribution in [0.15, 0.2) is 0 Å². The van der Waals surface area contributed by atoms with Crippen molar-refractivity contribution < 1.29 is 14.6 Å². The van der Waals surface area contributed by atoms with E-state index in [4.69, 9.17) is 4.74 Å². The fourth-order valence-electron chi connectivity index (χ4n) is 2.98. The molecule has 1 saturated carbocycles. The van der Waals surface area contributed by atoms with Crippen LogP contribution in [0.1, 0.15) is 67.2 Å². The first-order chi connectivity index (χ1) is 7.98. The molecule has 3 nitrogen and oxygen atoms in total. The van der Waals surface area contributed by atoms with Gasteiger partial charge in [-0.25, -0.2) is 0 Å². The number of rotatable bonds is 2. The van der Waals surface area contributed by atoms with E-state index in [1.165, 1.54) is 0 Å². The summed E-state index contributed by atoms with van der Waals surface area (Å²) in [7, 11) is 0. The van der Waals surface area contributed by atoms with Gasteiger partial charge in [-0.1, -0.05) is 27.2 Å². The van der Waals surface area contributed by atoms with E-state index in [-0.39, 0.29) is 23.7 Å². The lowest BCUT2D eigenvalue weighted by Gasteiger charge is -2.50. The van der Waals surface area contributed by atoms with E-state index >= 15 is 0 Å². The molecule has 1 aliphatic carbocycles. The number of aliphatic hydroxyl groups is 1. The Morgan fingerprint density at radius 2 is 1.94 bits per heavy atom. The van der Waals surface area contributed by atoms with Gasteiger partial charge >= 0.3 is 5.97 Å². The molecule has 18 heavy (non-hydrogen) atoms. The third-order valence-electron chi connectivity index (χ3n) is 4.26. The maximum atomic E-state index is 12.0. The number of carbonyl (C=O) groups excluding carboxylic acids is 1. The number of esters is 1. The number of hydrogen-bond acceptors (Lipinski definition) is 3. The Kier molecular flexibility index (Phi) is 4.16. The molecule has 0 saturated heterocycles. The van der Waals surface area contributed by atoms with Crippen LogP contribution in [0, 0.1) is 11.3 Å². The summed E-state index contributed by atoms with van der Waals surface area (Å²) in [6.45, 7) is 11.7. The highest BCUT2D eigenvalue weighted by atomic mass is 16.6. The highest BCUT2D eigenvalue weighted by Crippen LogP contribution is 2.49. The first-order valence-corrected chi connectivity index (χ1v) is 6.92. The summed E-state index contributed by atoms with van der Waals surface area (Å²) in [5.41, 5.74) is -1.68. The summed E-state index contributed by atoms with van der Waals surface area (Å²) in [5.74, 6) is -0.166. The predicted octanol–water partition coefficient (Wildman–Crippen LogP) is 3.30. The molecule has 0 aromatic rings. The van der Waals surface area contributed by atoms with Crippen LogP contribution in [0.2, 0.25) is 0 Å². The van der Waals surface area contributed by atoms with Gasteiger partial charge in [-0.2, -0.15) is 0 Å². The van der Waals surface area contributed by atoms with Gasteiger partial charge in [0.05, 0.1) is 12.0 Å². The molecular weight excluding hydrogens is 228 g/mol. The topological polar surface area (TPSA) is 46.5 Å². The molecule has 1 N–H and O–H groups in total. The number of hydrogen-bond donors (Lipinski definition) is 1. The van der Waals surface area contributed by atoms with Crippen molar-refractivity contribution in [2.24, 2.45) is 11.3 Å². The van der Waals surface area contributed by atoms with Crippen molar-refractivity contribution in [2.75, 3.05) is 0 Å². The van der Waals surface area contributed by atoms with Crippen molar-refractivity contribution >= 4 is 5.97 Å². The molecule has 0 bridgehead atoms. The van der Waals surface area contributed by atoms with Crippen molar-refractivity contribution in [3.8, 4) is 0 Å². The summed E-state index contributed by atoms with van der Waals surface area (Å²) >= 11 is 0. The maximum Gasteiger partial charge on any atom is 0.309 e. The first kappa shape index (κ1) is 15.5. The summed E-state index contributed by atoms with van der Waals surface area (Å²) in [6.07, 6.45) is 3.14. The van der Waals surface area contributed by atoms with Gasteiger partial charge in [0.25, 0.3) is 0 Å². The van der Waals surface area contributed by atoms with E-state index in [0.29, 0.717) is 0 Å². The standard InChI is InChI=1S/C15H28O3/c1-11-8-7-9-14(5,6)15(11,17)10-12(16)18-13(2,3)4/h11,17H,7-10H2,1-6H3/t11-,15-/m1/s1. The minimum Gasteiger partial charge on any atom is -0.460 e. The second-order valence-corrected chi connectivity index (χ2v) is 7.36. The Morgan fingerprint density at radius 1 is 1.39 bits per heavy atom. The Bertz CT molecular complexity index is 314. The zero-order valence-electron chi connectivity index (χ0n) is 12.7. The predicted molar refractivity (Wildman–Crippen MR) is 72.2 cm³/mol.